The zero-order valence-electron chi connectivity index (χ0n) is 11.4. The van der Waals surface area contributed by atoms with Gasteiger partial charge in [0.25, 0.3) is 5.91 Å². The van der Waals surface area contributed by atoms with Gasteiger partial charge >= 0.3 is 0 Å². The van der Waals surface area contributed by atoms with E-state index in [2.05, 4.69) is 27.1 Å². The van der Waals surface area contributed by atoms with Gasteiger partial charge in [-0.25, -0.2) is 9.97 Å². The van der Waals surface area contributed by atoms with Gasteiger partial charge in [-0.15, -0.1) is 0 Å². The first-order valence-electron chi connectivity index (χ1n) is 6.43. The number of H-pyrrole nitrogens is 1. The predicted molar refractivity (Wildman–Crippen MR) is 81.4 cm³/mol. The SMILES string of the molecule is Cc1cc2cc(Cc3cc(C(N)=O)nc(Cl)n3)ccc2[nH]1. The number of nitrogens with one attached hydrogen (secondary N) is 1. The minimum absolute atomic E-state index is 0.0277. The summed E-state index contributed by atoms with van der Waals surface area (Å²) in [7, 11) is 0. The van der Waals surface area contributed by atoms with Crippen molar-refractivity contribution in [3.63, 3.8) is 0 Å². The van der Waals surface area contributed by atoms with Crippen molar-refractivity contribution in [1.82, 2.24) is 15.0 Å². The van der Waals surface area contributed by atoms with Gasteiger partial charge in [0.1, 0.15) is 5.69 Å². The van der Waals surface area contributed by atoms with E-state index < -0.39 is 5.91 Å². The second-order valence-electron chi connectivity index (χ2n) is 4.93. The van der Waals surface area contributed by atoms with Crippen LogP contribution in [-0.4, -0.2) is 20.9 Å². The first-order chi connectivity index (χ1) is 10.0. The zero-order chi connectivity index (χ0) is 15.0. The molecule has 0 bridgehead atoms. The molecule has 1 aromatic carbocycles. The third kappa shape index (κ3) is 2.87. The Morgan fingerprint density at radius 1 is 1.29 bits per heavy atom. The van der Waals surface area contributed by atoms with Crippen LogP contribution >= 0.6 is 11.6 Å². The van der Waals surface area contributed by atoms with Gasteiger partial charge in [0.15, 0.2) is 0 Å². The Morgan fingerprint density at radius 2 is 2.10 bits per heavy atom. The third-order valence-electron chi connectivity index (χ3n) is 3.21. The average molecular weight is 301 g/mol. The molecule has 3 aromatic rings. The number of benzene rings is 1. The molecule has 1 amide bonds. The molecule has 3 rings (SSSR count). The van der Waals surface area contributed by atoms with Gasteiger partial charge in [-0.3, -0.25) is 4.79 Å². The molecule has 0 aliphatic heterocycles. The van der Waals surface area contributed by atoms with Crippen molar-refractivity contribution in [2.75, 3.05) is 0 Å². The Labute approximate surface area is 126 Å². The van der Waals surface area contributed by atoms with Crippen molar-refractivity contribution in [3.05, 3.63) is 58.3 Å². The predicted octanol–water partition coefficient (Wildman–Crippen LogP) is 2.61. The van der Waals surface area contributed by atoms with Crippen LogP contribution in [0.5, 0.6) is 0 Å². The summed E-state index contributed by atoms with van der Waals surface area (Å²) >= 11 is 5.82. The molecule has 106 valence electrons. The van der Waals surface area contributed by atoms with Crippen molar-refractivity contribution < 1.29 is 4.79 Å². The number of carbonyl (C=O) groups excluding carboxylic acids is 1. The molecule has 6 heteroatoms. The van der Waals surface area contributed by atoms with Crippen LogP contribution in [0.15, 0.2) is 30.3 Å². The standard InChI is InChI=1S/C15H13ClN4O/c1-8-4-10-5-9(2-3-12(10)18-8)6-11-7-13(14(17)21)20-15(16)19-11/h2-5,7,18H,6H2,1H3,(H2,17,21). The number of carbonyl (C=O) groups is 1. The molecule has 0 spiro atoms. The number of primary amides is 1. The molecule has 0 saturated carbocycles. The first kappa shape index (κ1) is 13.6. The molecule has 0 unspecified atom stereocenters. The molecule has 0 saturated heterocycles. The molecule has 2 heterocycles. The maximum atomic E-state index is 11.2. The van der Waals surface area contributed by atoms with Crippen LogP contribution in [0.1, 0.15) is 27.4 Å². The Bertz CT molecular complexity index is 841. The highest BCUT2D eigenvalue weighted by molar-refractivity contribution is 6.28. The summed E-state index contributed by atoms with van der Waals surface area (Å²) in [5.41, 5.74) is 9.30. The molecule has 5 nitrogen and oxygen atoms in total. The molecule has 0 atom stereocenters. The van der Waals surface area contributed by atoms with Gasteiger partial charge in [0.05, 0.1) is 5.69 Å². The summed E-state index contributed by atoms with van der Waals surface area (Å²) in [5, 5.41) is 1.17. The minimum atomic E-state index is -0.614. The lowest BCUT2D eigenvalue weighted by atomic mass is 10.1. The highest BCUT2D eigenvalue weighted by atomic mass is 35.5. The summed E-state index contributed by atoms with van der Waals surface area (Å²) in [6.07, 6.45) is 0.558. The first-order valence-corrected chi connectivity index (χ1v) is 6.80. The van der Waals surface area contributed by atoms with E-state index in [-0.39, 0.29) is 11.0 Å². The van der Waals surface area contributed by atoms with Gasteiger partial charge < -0.3 is 10.7 Å². The number of nitrogens with two attached hydrogens (primary N) is 1. The molecule has 0 aliphatic rings. The van der Waals surface area contributed by atoms with E-state index in [1.54, 1.807) is 6.07 Å². The number of fused-ring (bicyclic) bond motifs is 1. The maximum Gasteiger partial charge on any atom is 0.267 e. The number of aryl methyl sites for hydroxylation is 1. The fourth-order valence-electron chi connectivity index (χ4n) is 2.33. The fraction of sp³-hybridized carbons (Fsp3) is 0.133. The van der Waals surface area contributed by atoms with E-state index in [1.165, 1.54) is 0 Å². The smallest absolute Gasteiger partial charge is 0.267 e. The summed E-state index contributed by atoms with van der Waals surface area (Å²) in [6, 6.07) is 9.77. The molecular formula is C15H13ClN4O. The lowest BCUT2D eigenvalue weighted by molar-refractivity contribution is 0.0995. The number of rotatable bonds is 3. The minimum Gasteiger partial charge on any atom is -0.364 e. The monoisotopic (exact) mass is 300 g/mol. The molecular weight excluding hydrogens is 288 g/mol. The zero-order valence-corrected chi connectivity index (χ0v) is 12.1. The molecule has 0 aliphatic carbocycles. The Balaban J connectivity index is 1.95. The van der Waals surface area contributed by atoms with Gasteiger partial charge in [0.2, 0.25) is 5.28 Å². The molecule has 0 radical (unpaired) electrons. The Kier molecular flexibility index (Phi) is 3.35. The highest BCUT2D eigenvalue weighted by Gasteiger charge is 2.09. The Hall–Kier alpha value is -2.40. The van der Waals surface area contributed by atoms with E-state index in [0.29, 0.717) is 12.1 Å². The molecule has 2 aromatic heterocycles. The normalized spacial score (nSPS) is 11.0. The lowest BCUT2D eigenvalue weighted by Crippen LogP contribution is -2.14. The van der Waals surface area contributed by atoms with E-state index in [1.807, 2.05) is 19.1 Å². The van der Waals surface area contributed by atoms with Crippen LogP contribution in [0.25, 0.3) is 10.9 Å². The summed E-state index contributed by atoms with van der Waals surface area (Å²) in [4.78, 5) is 22.4. The average Bonchev–Trinajstić information content (AvgIpc) is 2.77. The number of amides is 1. The third-order valence-corrected chi connectivity index (χ3v) is 3.38. The van der Waals surface area contributed by atoms with Crippen LogP contribution < -0.4 is 5.73 Å². The van der Waals surface area contributed by atoms with Crippen molar-refractivity contribution in [1.29, 1.82) is 0 Å². The van der Waals surface area contributed by atoms with Crippen molar-refractivity contribution >= 4 is 28.4 Å². The van der Waals surface area contributed by atoms with Crippen LogP contribution in [0, 0.1) is 6.92 Å². The maximum absolute atomic E-state index is 11.2. The molecule has 3 N–H and O–H groups in total. The number of hydrogen-bond acceptors (Lipinski definition) is 3. The number of aromatic nitrogens is 3. The van der Waals surface area contributed by atoms with Crippen molar-refractivity contribution in [3.8, 4) is 0 Å². The topological polar surface area (TPSA) is 84.7 Å². The van der Waals surface area contributed by atoms with E-state index in [9.17, 15) is 4.79 Å². The summed E-state index contributed by atoms with van der Waals surface area (Å²) in [5.74, 6) is -0.614. The van der Waals surface area contributed by atoms with Gasteiger partial charge in [-0.05, 0) is 53.7 Å². The number of nitrogens with zero attached hydrogens (tertiary/aromatic N) is 2. The van der Waals surface area contributed by atoms with Crippen molar-refractivity contribution in [2.45, 2.75) is 13.3 Å². The number of hydrogen-bond donors (Lipinski definition) is 2. The Morgan fingerprint density at radius 3 is 2.86 bits per heavy atom. The number of aromatic amines is 1. The molecule has 0 fully saturated rings. The lowest BCUT2D eigenvalue weighted by Gasteiger charge is -2.04. The van der Waals surface area contributed by atoms with Gasteiger partial charge in [-0.1, -0.05) is 6.07 Å². The van der Waals surface area contributed by atoms with Crippen LogP contribution in [-0.2, 0) is 6.42 Å². The van der Waals surface area contributed by atoms with Crippen LogP contribution in [0.3, 0.4) is 0 Å². The molecule has 21 heavy (non-hydrogen) atoms. The summed E-state index contributed by atoms with van der Waals surface area (Å²) in [6.45, 7) is 2.02. The summed E-state index contributed by atoms with van der Waals surface area (Å²) < 4.78 is 0. The van der Waals surface area contributed by atoms with Crippen LogP contribution in [0.2, 0.25) is 5.28 Å². The van der Waals surface area contributed by atoms with Gasteiger partial charge in [-0.2, -0.15) is 0 Å². The largest absolute Gasteiger partial charge is 0.364 e. The van der Waals surface area contributed by atoms with Crippen LogP contribution in [0.4, 0.5) is 0 Å². The fourth-order valence-corrected chi connectivity index (χ4v) is 2.53. The van der Waals surface area contributed by atoms with E-state index in [0.717, 1.165) is 22.2 Å². The second kappa shape index (κ2) is 5.18. The highest BCUT2D eigenvalue weighted by Crippen LogP contribution is 2.19. The number of halogens is 1. The second-order valence-corrected chi connectivity index (χ2v) is 5.27. The quantitative estimate of drug-likeness (QED) is 0.729. The van der Waals surface area contributed by atoms with Gasteiger partial charge in [0, 0.05) is 17.6 Å². The van der Waals surface area contributed by atoms with E-state index >= 15 is 0 Å². The van der Waals surface area contributed by atoms with Crippen molar-refractivity contribution in [2.24, 2.45) is 5.73 Å². The van der Waals surface area contributed by atoms with E-state index in [4.69, 9.17) is 17.3 Å².